The number of alkyl halides is 3. The monoisotopic (exact) mass is 385 g/mol. The minimum atomic E-state index is -5.09. The van der Waals surface area contributed by atoms with Crippen LogP contribution in [0.2, 0.25) is 0 Å². The van der Waals surface area contributed by atoms with E-state index in [4.69, 9.17) is 0 Å². The van der Waals surface area contributed by atoms with E-state index >= 15 is 0 Å². The van der Waals surface area contributed by atoms with Gasteiger partial charge in [-0.2, -0.15) is 31.2 Å². The Balaban J connectivity index is 2.15. The Morgan fingerprint density at radius 1 is 0.923 bits per heavy atom. The zero-order valence-electron chi connectivity index (χ0n) is 12.9. The predicted molar refractivity (Wildman–Crippen MR) is 85.6 cm³/mol. The van der Waals surface area contributed by atoms with Crippen LogP contribution < -0.4 is 4.83 Å². The van der Waals surface area contributed by atoms with Crippen LogP contribution in [0.15, 0.2) is 65.6 Å². The van der Waals surface area contributed by atoms with Gasteiger partial charge in [-0.3, -0.25) is 0 Å². The second-order valence-electron chi connectivity index (χ2n) is 5.19. The average molecular weight is 385 g/mol. The molecule has 0 aliphatic heterocycles. The summed E-state index contributed by atoms with van der Waals surface area (Å²) in [5, 5.41) is 3.09. The Labute approximate surface area is 145 Å². The van der Waals surface area contributed by atoms with Crippen LogP contribution in [-0.4, -0.2) is 18.3 Å². The maximum absolute atomic E-state index is 14.4. The molecule has 0 radical (unpaired) electrons. The lowest BCUT2D eigenvalue weighted by Gasteiger charge is -2.11. The topological polar surface area (TPSA) is 64.0 Å². The smallest absolute Gasteiger partial charge is 0.202 e. The van der Waals surface area contributed by atoms with Crippen LogP contribution in [0.3, 0.4) is 0 Å². The lowest BCUT2D eigenvalue weighted by Crippen LogP contribution is -2.25. The summed E-state index contributed by atoms with van der Waals surface area (Å²) in [6.07, 6.45) is -5.09. The fourth-order valence-corrected chi connectivity index (χ4v) is 3.24. The van der Waals surface area contributed by atoms with E-state index in [9.17, 15) is 26.0 Å². The number of nitrogens with one attached hydrogen (secondary N) is 1. The second kappa shape index (κ2) is 6.45. The molecule has 0 saturated heterocycles. The van der Waals surface area contributed by atoms with Crippen LogP contribution in [0.1, 0.15) is 5.69 Å². The maximum Gasteiger partial charge on any atom is 0.438 e. The molecule has 10 heteroatoms. The van der Waals surface area contributed by atoms with E-state index in [2.05, 4.69) is 5.10 Å². The van der Waals surface area contributed by atoms with E-state index in [-0.39, 0.29) is 15.2 Å². The molecule has 0 fully saturated rings. The number of hydrogen-bond acceptors (Lipinski definition) is 3. The highest BCUT2D eigenvalue weighted by Crippen LogP contribution is 2.35. The normalized spacial score (nSPS) is 12.2. The third-order valence-corrected chi connectivity index (χ3v) is 4.71. The number of hydrogen-bond donors (Lipinski definition) is 1. The third-order valence-electron chi connectivity index (χ3n) is 3.40. The first kappa shape index (κ1) is 17.9. The predicted octanol–water partition coefficient (Wildman–Crippen LogP) is 3.64. The summed E-state index contributed by atoms with van der Waals surface area (Å²) >= 11 is 0. The lowest BCUT2D eigenvalue weighted by atomic mass is 10.1. The number of aromatic nitrogens is 2. The molecule has 1 N–H and O–H groups in total. The highest BCUT2D eigenvalue weighted by atomic mass is 32.2. The first-order valence-corrected chi connectivity index (χ1v) is 8.67. The van der Waals surface area contributed by atoms with Crippen molar-refractivity contribution in [3.8, 4) is 11.3 Å². The van der Waals surface area contributed by atoms with Crippen molar-refractivity contribution in [1.29, 1.82) is 0 Å². The molecular weight excluding hydrogens is 374 g/mol. The maximum atomic E-state index is 14.4. The number of benzene rings is 2. The fourth-order valence-electron chi connectivity index (χ4n) is 2.26. The molecule has 0 saturated carbocycles. The molecule has 3 aromatic rings. The summed E-state index contributed by atoms with van der Waals surface area (Å²) in [7, 11) is -4.28. The highest BCUT2D eigenvalue weighted by molar-refractivity contribution is 7.92. The van der Waals surface area contributed by atoms with Crippen molar-refractivity contribution in [2.45, 2.75) is 11.1 Å². The summed E-state index contributed by atoms with van der Waals surface area (Å²) < 4.78 is 78.2. The average Bonchev–Trinajstić information content (AvgIpc) is 2.92. The Kier molecular flexibility index (Phi) is 4.45. The molecule has 0 bridgehead atoms. The van der Waals surface area contributed by atoms with Crippen molar-refractivity contribution in [2.24, 2.45) is 0 Å². The standard InChI is InChI=1S/C16H11F4N3O2S/c17-13-14(11-7-3-1-4-8-11)23(21-15(13)16(18,19)20)22-26(24,25)12-9-5-2-6-10-12/h1-10,22H. The fraction of sp³-hybridized carbons (Fsp3) is 0.0625. The van der Waals surface area contributed by atoms with Gasteiger partial charge in [0.15, 0.2) is 5.82 Å². The van der Waals surface area contributed by atoms with E-state index < -0.39 is 33.4 Å². The van der Waals surface area contributed by atoms with Gasteiger partial charge in [-0.05, 0) is 12.1 Å². The summed E-state index contributed by atoms with van der Waals surface area (Å²) in [5.41, 5.74) is -2.42. The molecule has 0 aliphatic carbocycles. The largest absolute Gasteiger partial charge is 0.438 e. The summed E-state index contributed by atoms with van der Waals surface area (Å²) in [4.78, 5) is 1.96. The Bertz CT molecular complexity index is 1020. The Morgan fingerprint density at radius 3 is 2.00 bits per heavy atom. The van der Waals surface area contributed by atoms with Crippen LogP contribution in [0.25, 0.3) is 11.3 Å². The van der Waals surface area contributed by atoms with Crippen molar-refractivity contribution < 1.29 is 26.0 Å². The van der Waals surface area contributed by atoms with Crippen molar-refractivity contribution >= 4 is 10.0 Å². The van der Waals surface area contributed by atoms with Gasteiger partial charge in [-0.1, -0.05) is 48.5 Å². The van der Waals surface area contributed by atoms with E-state index in [0.29, 0.717) is 0 Å². The van der Waals surface area contributed by atoms with Crippen LogP contribution in [-0.2, 0) is 16.2 Å². The quantitative estimate of drug-likeness (QED) is 0.698. The molecule has 0 amide bonds. The van der Waals surface area contributed by atoms with E-state index in [1.807, 2.05) is 4.83 Å². The van der Waals surface area contributed by atoms with Gasteiger partial charge in [-0.25, -0.2) is 4.39 Å². The molecule has 0 spiro atoms. The van der Waals surface area contributed by atoms with Crippen molar-refractivity contribution in [3.63, 3.8) is 0 Å². The van der Waals surface area contributed by atoms with Crippen LogP contribution >= 0.6 is 0 Å². The van der Waals surface area contributed by atoms with Crippen LogP contribution in [0.4, 0.5) is 17.6 Å². The molecular formula is C16H11F4N3O2S. The molecule has 0 atom stereocenters. The van der Waals surface area contributed by atoms with Gasteiger partial charge >= 0.3 is 6.18 Å². The van der Waals surface area contributed by atoms with E-state index in [1.165, 1.54) is 48.5 Å². The number of halogens is 4. The van der Waals surface area contributed by atoms with Gasteiger partial charge < -0.3 is 0 Å². The Morgan fingerprint density at radius 2 is 1.46 bits per heavy atom. The SMILES string of the molecule is O=S(=O)(Nn1nc(C(F)(F)F)c(F)c1-c1ccccc1)c1ccccc1. The molecule has 0 aliphatic rings. The molecule has 1 heterocycles. The number of nitrogens with zero attached hydrogens (tertiary/aromatic N) is 2. The summed E-state index contributed by atoms with van der Waals surface area (Å²) in [5.74, 6) is -1.67. The molecule has 26 heavy (non-hydrogen) atoms. The zero-order chi connectivity index (χ0) is 18.9. The van der Waals surface area contributed by atoms with Crippen molar-refractivity contribution in [2.75, 3.05) is 4.83 Å². The second-order valence-corrected chi connectivity index (χ2v) is 6.86. The minimum absolute atomic E-state index is 0.0313. The molecule has 0 unspecified atom stereocenters. The third kappa shape index (κ3) is 3.40. The molecule has 2 aromatic carbocycles. The first-order chi connectivity index (χ1) is 12.2. The van der Waals surface area contributed by atoms with Crippen LogP contribution in [0, 0.1) is 5.82 Å². The van der Waals surface area contributed by atoms with Gasteiger partial charge in [0, 0.05) is 5.56 Å². The van der Waals surface area contributed by atoms with E-state index in [0.717, 1.165) is 0 Å². The molecule has 1 aromatic heterocycles. The summed E-state index contributed by atoms with van der Waals surface area (Å²) in [6, 6.07) is 14.2. The van der Waals surface area contributed by atoms with Crippen LogP contribution in [0.5, 0.6) is 0 Å². The zero-order valence-corrected chi connectivity index (χ0v) is 13.7. The number of sulfonamides is 1. The van der Waals surface area contributed by atoms with Gasteiger partial charge in [0.2, 0.25) is 5.69 Å². The van der Waals surface area contributed by atoms with Gasteiger partial charge in [0.05, 0.1) is 4.90 Å². The van der Waals surface area contributed by atoms with E-state index in [1.54, 1.807) is 12.1 Å². The van der Waals surface area contributed by atoms with Crippen molar-refractivity contribution in [1.82, 2.24) is 9.89 Å². The Hall–Kier alpha value is -2.88. The highest BCUT2D eigenvalue weighted by Gasteiger charge is 2.41. The number of rotatable bonds is 4. The minimum Gasteiger partial charge on any atom is -0.202 e. The van der Waals surface area contributed by atoms with Gasteiger partial charge in [0.1, 0.15) is 5.69 Å². The van der Waals surface area contributed by atoms with Gasteiger partial charge in [-0.15, -0.1) is 5.10 Å². The van der Waals surface area contributed by atoms with Gasteiger partial charge in [0.25, 0.3) is 10.0 Å². The lowest BCUT2D eigenvalue weighted by molar-refractivity contribution is -0.143. The molecule has 5 nitrogen and oxygen atoms in total. The summed E-state index contributed by atoms with van der Waals surface area (Å²) in [6.45, 7) is 0. The molecule has 136 valence electrons. The van der Waals surface area contributed by atoms with Crippen molar-refractivity contribution in [3.05, 3.63) is 72.2 Å². The first-order valence-electron chi connectivity index (χ1n) is 7.19. The molecule has 3 rings (SSSR count).